The van der Waals surface area contributed by atoms with E-state index in [1.165, 1.54) is 0 Å². The van der Waals surface area contributed by atoms with Gasteiger partial charge in [-0.1, -0.05) is 20.8 Å². The van der Waals surface area contributed by atoms with E-state index in [1.54, 1.807) is 0 Å². The Kier molecular flexibility index (Phi) is 2.58. The zero-order valence-corrected chi connectivity index (χ0v) is 6.96. The third-order valence-electron chi connectivity index (χ3n) is 0.608. The minimum Gasteiger partial charge on any atom is -0.131 e. The Morgan fingerprint density at radius 3 is 2.12 bits per heavy atom. The van der Waals surface area contributed by atoms with Gasteiger partial charge in [0.25, 0.3) is 0 Å². The van der Waals surface area contributed by atoms with Crippen LogP contribution < -0.4 is 0 Å². The van der Waals surface area contributed by atoms with Gasteiger partial charge < -0.3 is 0 Å². The Morgan fingerprint density at radius 2 is 2.00 bits per heavy atom. The van der Waals surface area contributed by atoms with Crippen LogP contribution in [0.15, 0.2) is 4.78 Å². The predicted molar refractivity (Wildman–Crippen MR) is 37.4 cm³/mol. The standard InChI is InChI=1S/C4H11N3Si/c1-4(2,3)8-7-6-5/h8H2,1-3H3. The van der Waals surface area contributed by atoms with Crippen molar-refractivity contribution in [3.63, 3.8) is 0 Å². The maximum absolute atomic E-state index is 7.92. The second kappa shape index (κ2) is 2.74. The summed E-state index contributed by atoms with van der Waals surface area (Å²) in [7, 11) is -0.542. The highest BCUT2D eigenvalue weighted by Crippen LogP contribution is 2.19. The molecule has 0 atom stereocenters. The van der Waals surface area contributed by atoms with E-state index in [2.05, 4.69) is 30.5 Å². The summed E-state index contributed by atoms with van der Waals surface area (Å²) >= 11 is 0. The summed E-state index contributed by atoms with van der Waals surface area (Å²) in [5.41, 5.74) is 7.92. The fraction of sp³-hybridized carbons (Fsp3) is 1.00. The average Bonchev–Trinajstić information content (AvgIpc) is 1.59. The van der Waals surface area contributed by atoms with Crippen LogP contribution in [-0.4, -0.2) is 9.68 Å². The lowest BCUT2D eigenvalue weighted by atomic mass is 10.3. The molecule has 0 saturated heterocycles. The minimum absolute atomic E-state index is 0.270. The van der Waals surface area contributed by atoms with Gasteiger partial charge in [0.15, 0.2) is 0 Å². The third kappa shape index (κ3) is 5.53. The first-order valence-electron chi connectivity index (χ1n) is 2.57. The molecule has 0 saturated carbocycles. The summed E-state index contributed by atoms with van der Waals surface area (Å²) in [4.78, 5) is 2.71. The molecule has 46 valence electrons. The van der Waals surface area contributed by atoms with E-state index in [-0.39, 0.29) is 5.04 Å². The van der Waals surface area contributed by atoms with E-state index in [0.29, 0.717) is 0 Å². The van der Waals surface area contributed by atoms with E-state index in [0.717, 1.165) is 0 Å². The number of azide groups is 1. The van der Waals surface area contributed by atoms with Crippen molar-refractivity contribution < 1.29 is 0 Å². The van der Waals surface area contributed by atoms with E-state index in [4.69, 9.17) is 5.53 Å². The van der Waals surface area contributed by atoms with E-state index in [1.807, 2.05) is 0 Å². The predicted octanol–water partition coefficient (Wildman–Crippen LogP) is 1.60. The van der Waals surface area contributed by atoms with Crippen LogP contribution in [-0.2, 0) is 0 Å². The Labute approximate surface area is 51.6 Å². The van der Waals surface area contributed by atoms with Crippen LogP contribution in [0.25, 0.3) is 10.4 Å². The number of nitrogens with zero attached hydrogens (tertiary/aromatic N) is 3. The topological polar surface area (TPSA) is 48.8 Å². The van der Waals surface area contributed by atoms with Crippen molar-refractivity contribution in [1.29, 1.82) is 0 Å². The fourth-order valence-corrected chi connectivity index (χ4v) is 0.731. The first kappa shape index (κ1) is 7.53. The zero-order chi connectivity index (χ0) is 6.62. The lowest BCUT2D eigenvalue weighted by Crippen LogP contribution is -2.03. The maximum atomic E-state index is 7.92. The number of rotatable bonds is 1. The third-order valence-corrected chi connectivity index (χ3v) is 1.82. The van der Waals surface area contributed by atoms with Crippen LogP contribution in [0.2, 0.25) is 5.04 Å². The molecule has 0 N–H and O–H groups in total. The summed E-state index contributed by atoms with van der Waals surface area (Å²) in [6.07, 6.45) is 0. The minimum atomic E-state index is -0.542. The molecule has 4 heteroatoms. The zero-order valence-electron chi connectivity index (χ0n) is 5.55. The van der Waals surface area contributed by atoms with Gasteiger partial charge in [-0.25, -0.2) is 0 Å². The summed E-state index contributed by atoms with van der Waals surface area (Å²) in [6.45, 7) is 6.27. The summed E-state index contributed by atoms with van der Waals surface area (Å²) in [6, 6.07) is 0. The van der Waals surface area contributed by atoms with Crippen LogP contribution >= 0.6 is 0 Å². The summed E-state index contributed by atoms with van der Waals surface area (Å²) in [5.74, 6) is 0. The first-order valence-corrected chi connectivity index (χ1v) is 3.91. The van der Waals surface area contributed by atoms with Gasteiger partial charge in [-0.2, -0.15) is 0 Å². The van der Waals surface area contributed by atoms with Crippen LogP contribution in [0.1, 0.15) is 20.8 Å². The van der Waals surface area contributed by atoms with Crippen molar-refractivity contribution in [2.75, 3.05) is 0 Å². The lowest BCUT2D eigenvalue weighted by molar-refractivity contribution is 0.751. The monoisotopic (exact) mass is 129 g/mol. The van der Waals surface area contributed by atoms with Crippen molar-refractivity contribution in [2.45, 2.75) is 25.8 Å². The SMILES string of the molecule is CC(C)(C)[SiH2]N=[N+]=[N-]. The molecule has 0 aromatic heterocycles. The van der Waals surface area contributed by atoms with Crippen molar-refractivity contribution in [1.82, 2.24) is 0 Å². The normalized spacial score (nSPS) is 11.9. The Balaban J connectivity index is 3.55. The molecule has 0 aromatic carbocycles. The van der Waals surface area contributed by atoms with Crippen molar-refractivity contribution in [2.24, 2.45) is 4.78 Å². The molecule has 0 aliphatic heterocycles. The van der Waals surface area contributed by atoms with Crippen molar-refractivity contribution in [3.8, 4) is 0 Å². The van der Waals surface area contributed by atoms with Gasteiger partial charge >= 0.3 is 0 Å². The van der Waals surface area contributed by atoms with Crippen molar-refractivity contribution in [3.05, 3.63) is 10.4 Å². The molecule has 0 heterocycles. The van der Waals surface area contributed by atoms with Gasteiger partial charge in [-0.3, -0.25) is 0 Å². The van der Waals surface area contributed by atoms with Gasteiger partial charge in [-0.05, 0) is 15.5 Å². The molecule has 0 spiro atoms. The molecular weight excluding hydrogens is 118 g/mol. The first-order chi connectivity index (χ1) is 3.56. The van der Waals surface area contributed by atoms with Crippen LogP contribution in [0.3, 0.4) is 0 Å². The highest BCUT2D eigenvalue weighted by Gasteiger charge is 2.07. The van der Waals surface area contributed by atoms with Crippen molar-refractivity contribution >= 4 is 9.68 Å². The maximum Gasteiger partial charge on any atom is 0.130 e. The van der Waals surface area contributed by atoms with E-state index in [9.17, 15) is 0 Å². The van der Waals surface area contributed by atoms with Gasteiger partial charge in [0, 0.05) is 0 Å². The molecule has 0 radical (unpaired) electrons. The molecule has 8 heavy (non-hydrogen) atoms. The molecule has 0 bridgehead atoms. The van der Waals surface area contributed by atoms with Crippen LogP contribution in [0.4, 0.5) is 0 Å². The van der Waals surface area contributed by atoms with Gasteiger partial charge in [0.2, 0.25) is 0 Å². The second-order valence-corrected chi connectivity index (χ2v) is 5.67. The van der Waals surface area contributed by atoms with E-state index >= 15 is 0 Å². The Bertz CT molecular complexity index is 109. The molecule has 0 fully saturated rings. The van der Waals surface area contributed by atoms with Gasteiger partial charge in [0.05, 0.1) is 0 Å². The molecule has 0 amide bonds. The molecule has 0 unspecified atom stereocenters. The molecule has 0 aliphatic carbocycles. The largest absolute Gasteiger partial charge is 0.131 e. The molecule has 0 aliphatic rings. The van der Waals surface area contributed by atoms with Gasteiger partial charge in [-0.15, -0.1) is 4.78 Å². The molecule has 3 nitrogen and oxygen atoms in total. The van der Waals surface area contributed by atoms with Crippen LogP contribution in [0.5, 0.6) is 0 Å². The quantitative estimate of drug-likeness (QED) is 0.223. The summed E-state index contributed by atoms with van der Waals surface area (Å²) < 4.78 is 3.56. The number of hydrogen-bond donors (Lipinski definition) is 0. The number of hydrogen-bond acceptors (Lipinski definition) is 1. The molecule has 0 aromatic rings. The fourth-order valence-electron chi connectivity index (χ4n) is 0.244. The Morgan fingerprint density at radius 1 is 1.50 bits per heavy atom. The lowest BCUT2D eigenvalue weighted by Gasteiger charge is -2.11. The summed E-state index contributed by atoms with van der Waals surface area (Å²) in [5, 5.41) is 0.270. The second-order valence-electron chi connectivity index (χ2n) is 2.95. The average molecular weight is 129 g/mol. The van der Waals surface area contributed by atoms with Crippen LogP contribution in [0, 0.1) is 0 Å². The van der Waals surface area contributed by atoms with Gasteiger partial charge in [0.1, 0.15) is 9.68 Å². The Hall–Kier alpha value is -0.473. The molecule has 0 rings (SSSR count). The highest BCUT2D eigenvalue weighted by molar-refractivity contribution is 6.37. The highest BCUT2D eigenvalue weighted by atomic mass is 28.2. The van der Waals surface area contributed by atoms with E-state index < -0.39 is 9.68 Å². The smallest absolute Gasteiger partial charge is 0.130 e. The molecular formula is C4H11N3Si.